The van der Waals surface area contributed by atoms with E-state index < -0.39 is 10.3 Å². The molecular formula is C14H15ClN2O2. The molecule has 0 amide bonds. The van der Waals surface area contributed by atoms with E-state index in [0.29, 0.717) is 17.0 Å². The first-order valence-electron chi connectivity index (χ1n) is 6.40. The molecule has 0 aromatic heterocycles. The van der Waals surface area contributed by atoms with E-state index in [2.05, 4.69) is 6.07 Å². The smallest absolute Gasteiger partial charge is 0.258 e. The molecule has 0 N–H and O–H groups in total. The molecular weight excluding hydrogens is 264 g/mol. The maximum Gasteiger partial charge on any atom is 0.272 e. The molecule has 1 aromatic carbocycles. The zero-order valence-corrected chi connectivity index (χ0v) is 11.3. The highest BCUT2D eigenvalue weighted by molar-refractivity contribution is 6.30. The van der Waals surface area contributed by atoms with Crippen molar-refractivity contribution in [2.45, 2.75) is 38.5 Å². The summed E-state index contributed by atoms with van der Waals surface area (Å²) < 4.78 is 0. The minimum atomic E-state index is -0.465. The summed E-state index contributed by atoms with van der Waals surface area (Å²) in [6.45, 7) is 0. The largest absolute Gasteiger partial charge is 0.272 e. The van der Waals surface area contributed by atoms with Crippen LogP contribution in [0, 0.1) is 26.9 Å². The van der Waals surface area contributed by atoms with Gasteiger partial charge in [-0.05, 0) is 31.4 Å². The van der Waals surface area contributed by atoms with E-state index in [9.17, 15) is 15.4 Å². The molecule has 0 bridgehead atoms. The zero-order chi connectivity index (χ0) is 13.9. The molecule has 5 heteroatoms. The van der Waals surface area contributed by atoms with E-state index in [1.807, 2.05) is 0 Å². The normalized spacial score (nSPS) is 17.7. The topological polar surface area (TPSA) is 66.9 Å². The van der Waals surface area contributed by atoms with Crippen LogP contribution in [0.3, 0.4) is 0 Å². The number of hydrogen-bond acceptors (Lipinski definition) is 3. The summed E-state index contributed by atoms with van der Waals surface area (Å²) in [5.74, 6) is 0. The Bertz CT molecular complexity index is 531. The van der Waals surface area contributed by atoms with Gasteiger partial charge >= 0.3 is 0 Å². The van der Waals surface area contributed by atoms with Crippen molar-refractivity contribution in [1.29, 1.82) is 5.26 Å². The summed E-state index contributed by atoms with van der Waals surface area (Å²) in [6.07, 6.45) is 5.21. The maximum atomic E-state index is 11.0. The third-order valence-electron chi connectivity index (χ3n) is 3.81. The lowest BCUT2D eigenvalue weighted by atomic mass is 9.71. The Balaban J connectivity index is 2.34. The summed E-state index contributed by atoms with van der Waals surface area (Å²) in [6, 6.07) is 6.94. The predicted molar refractivity (Wildman–Crippen MR) is 72.9 cm³/mol. The van der Waals surface area contributed by atoms with Crippen molar-refractivity contribution in [2.75, 3.05) is 0 Å². The van der Waals surface area contributed by atoms with Crippen LogP contribution in [0.25, 0.3) is 0 Å². The first-order chi connectivity index (χ1) is 9.06. The van der Waals surface area contributed by atoms with Gasteiger partial charge in [0, 0.05) is 16.7 Å². The first-order valence-corrected chi connectivity index (χ1v) is 6.78. The molecule has 1 fully saturated rings. The van der Waals surface area contributed by atoms with Crippen molar-refractivity contribution in [3.05, 3.63) is 38.9 Å². The molecule has 1 aliphatic rings. The van der Waals surface area contributed by atoms with Gasteiger partial charge in [0.2, 0.25) is 0 Å². The summed E-state index contributed by atoms with van der Waals surface area (Å²) in [4.78, 5) is 10.6. The molecule has 0 heterocycles. The van der Waals surface area contributed by atoms with Crippen molar-refractivity contribution in [3.63, 3.8) is 0 Å². The Hall–Kier alpha value is -1.60. The summed E-state index contributed by atoms with van der Waals surface area (Å²) >= 11 is 5.92. The van der Waals surface area contributed by atoms with Gasteiger partial charge in [0.1, 0.15) is 0 Å². The second-order valence-electron chi connectivity index (χ2n) is 5.16. The quantitative estimate of drug-likeness (QED) is 0.612. The lowest BCUT2D eigenvalue weighted by Crippen LogP contribution is -2.25. The van der Waals surface area contributed by atoms with Gasteiger partial charge in [-0.15, -0.1) is 0 Å². The van der Waals surface area contributed by atoms with Gasteiger partial charge in [-0.25, -0.2) is 0 Å². The average Bonchev–Trinajstić information content (AvgIpc) is 2.39. The molecule has 1 aromatic rings. The Labute approximate surface area is 117 Å². The number of halogens is 1. The van der Waals surface area contributed by atoms with Crippen LogP contribution in [0.5, 0.6) is 0 Å². The average molecular weight is 279 g/mol. The third-order valence-corrected chi connectivity index (χ3v) is 4.05. The first kappa shape index (κ1) is 13.8. The minimum absolute atomic E-state index is 0.0598. The SMILES string of the molecule is N#CC1(Cc2cc(Cl)ccc2[N+](=O)[O-])CCCCC1. The van der Waals surface area contributed by atoms with Gasteiger partial charge in [0.25, 0.3) is 5.69 Å². The van der Waals surface area contributed by atoms with Gasteiger partial charge in [-0.1, -0.05) is 30.9 Å². The van der Waals surface area contributed by atoms with E-state index in [1.54, 1.807) is 6.07 Å². The fourth-order valence-corrected chi connectivity index (χ4v) is 2.99. The standard InChI is InChI=1S/C14H15ClN2O2/c15-12-4-5-13(17(18)19)11(8-12)9-14(10-16)6-2-1-3-7-14/h4-5,8H,1-3,6-7,9H2. The van der Waals surface area contributed by atoms with Gasteiger partial charge in [-0.2, -0.15) is 5.26 Å². The highest BCUT2D eigenvalue weighted by Gasteiger charge is 2.34. The van der Waals surface area contributed by atoms with Crippen molar-refractivity contribution in [1.82, 2.24) is 0 Å². The molecule has 1 saturated carbocycles. The highest BCUT2D eigenvalue weighted by atomic mass is 35.5. The lowest BCUT2D eigenvalue weighted by Gasteiger charge is -2.30. The van der Waals surface area contributed by atoms with Crippen LogP contribution in [-0.4, -0.2) is 4.92 Å². The van der Waals surface area contributed by atoms with Crippen LogP contribution in [0.4, 0.5) is 5.69 Å². The number of nitrogens with zero attached hydrogens (tertiary/aromatic N) is 2. The molecule has 19 heavy (non-hydrogen) atoms. The number of hydrogen-bond donors (Lipinski definition) is 0. The highest BCUT2D eigenvalue weighted by Crippen LogP contribution is 2.40. The van der Waals surface area contributed by atoms with Gasteiger partial charge in [-0.3, -0.25) is 10.1 Å². The number of nitro benzene ring substituents is 1. The van der Waals surface area contributed by atoms with E-state index in [0.717, 1.165) is 32.1 Å². The van der Waals surface area contributed by atoms with Crippen LogP contribution in [-0.2, 0) is 6.42 Å². The van der Waals surface area contributed by atoms with Gasteiger partial charge < -0.3 is 0 Å². The van der Waals surface area contributed by atoms with Crippen LogP contribution >= 0.6 is 11.6 Å². The summed E-state index contributed by atoms with van der Waals surface area (Å²) in [5, 5.41) is 21.0. The molecule has 0 saturated heterocycles. The monoisotopic (exact) mass is 278 g/mol. The molecule has 0 radical (unpaired) electrons. The van der Waals surface area contributed by atoms with Crippen molar-refractivity contribution in [3.8, 4) is 6.07 Å². The van der Waals surface area contributed by atoms with E-state index >= 15 is 0 Å². The molecule has 2 rings (SSSR count). The molecule has 0 unspecified atom stereocenters. The Morgan fingerprint density at radius 2 is 2.05 bits per heavy atom. The lowest BCUT2D eigenvalue weighted by molar-refractivity contribution is -0.385. The van der Waals surface area contributed by atoms with Crippen molar-refractivity contribution in [2.24, 2.45) is 5.41 Å². The predicted octanol–water partition coefficient (Wildman–Crippen LogP) is 4.26. The molecule has 100 valence electrons. The summed E-state index contributed by atoms with van der Waals surface area (Å²) in [7, 11) is 0. The Kier molecular flexibility index (Phi) is 4.06. The minimum Gasteiger partial charge on any atom is -0.258 e. The van der Waals surface area contributed by atoms with Crippen molar-refractivity contribution >= 4 is 17.3 Å². The Morgan fingerprint density at radius 3 is 2.63 bits per heavy atom. The fraction of sp³-hybridized carbons (Fsp3) is 0.500. The van der Waals surface area contributed by atoms with Crippen LogP contribution in [0.15, 0.2) is 18.2 Å². The molecule has 4 nitrogen and oxygen atoms in total. The van der Waals surface area contributed by atoms with Gasteiger partial charge in [0.05, 0.1) is 16.4 Å². The number of rotatable bonds is 3. The summed E-state index contributed by atoms with van der Waals surface area (Å²) in [5.41, 5.74) is 0.166. The number of benzene rings is 1. The van der Waals surface area contributed by atoms with Crippen LogP contribution in [0.1, 0.15) is 37.7 Å². The number of nitriles is 1. The Morgan fingerprint density at radius 1 is 1.37 bits per heavy atom. The molecule has 0 spiro atoms. The van der Waals surface area contributed by atoms with E-state index in [4.69, 9.17) is 11.6 Å². The maximum absolute atomic E-state index is 11.0. The van der Waals surface area contributed by atoms with E-state index in [-0.39, 0.29) is 5.69 Å². The molecule has 0 atom stereocenters. The van der Waals surface area contributed by atoms with Crippen LogP contribution in [0.2, 0.25) is 5.02 Å². The van der Waals surface area contributed by atoms with Crippen molar-refractivity contribution < 1.29 is 4.92 Å². The third kappa shape index (κ3) is 3.05. The second kappa shape index (κ2) is 5.58. The van der Waals surface area contributed by atoms with E-state index in [1.165, 1.54) is 12.1 Å². The van der Waals surface area contributed by atoms with Gasteiger partial charge in [0.15, 0.2) is 0 Å². The number of nitro groups is 1. The zero-order valence-electron chi connectivity index (χ0n) is 10.6. The molecule has 1 aliphatic carbocycles. The fourth-order valence-electron chi connectivity index (χ4n) is 2.80. The molecule has 0 aliphatic heterocycles. The second-order valence-corrected chi connectivity index (χ2v) is 5.60. The van der Waals surface area contributed by atoms with Crippen LogP contribution < -0.4 is 0 Å².